The lowest BCUT2D eigenvalue weighted by atomic mass is 9.72. The molecule has 0 bridgehead atoms. The van der Waals surface area contributed by atoms with Gasteiger partial charge in [-0.15, -0.1) is 0 Å². The molecular weight excluding hydrogens is 184 g/mol. The molecule has 2 rings (SSSR count). The Kier molecular flexibility index (Phi) is 3.36. The summed E-state index contributed by atoms with van der Waals surface area (Å²) in [5.41, 5.74) is 0.523. The zero-order chi connectivity index (χ0) is 10.9. The van der Waals surface area contributed by atoms with Gasteiger partial charge in [0.05, 0.1) is 0 Å². The van der Waals surface area contributed by atoms with Crippen molar-refractivity contribution < 1.29 is 0 Å². The molecule has 2 atom stereocenters. The van der Waals surface area contributed by atoms with E-state index in [-0.39, 0.29) is 0 Å². The molecule has 0 amide bonds. The van der Waals surface area contributed by atoms with Crippen LogP contribution in [-0.4, -0.2) is 37.1 Å². The molecule has 0 aromatic rings. The molecule has 2 heteroatoms. The molecule has 1 aliphatic carbocycles. The van der Waals surface area contributed by atoms with Crippen molar-refractivity contribution in [1.29, 1.82) is 0 Å². The summed E-state index contributed by atoms with van der Waals surface area (Å²) in [6.07, 6.45) is 7.00. The first-order valence-electron chi connectivity index (χ1n) is 6.54. The standard InChI is InChI=1S/C13H26N2/c1-13(2)8-5-4-6-12(13)15(3)11-7-9-14-10-11/h11-12,14H,4-10H2,1-3H3. The van der Waals surface area contributed by atoms with E-state index in [9.17, 15) is 0 Å². The minimum atomic E-state index is 0.523. The summed E-state index contributed by atoms with van der Waals surface area (Å²) in [5.74, 6) is 0. The molecular formula is C13H26N2. The number of nitrogens with zero attached hydrogens (tertiary/aromatic N) is 1. The Morgan fingerprint density at radius 1 is 1.20 bits per heavy atom. The van der Waals surface area contributed by atoms with Crippen molar-refractivity contribution in [2.45, 2.75) is 58.0 Å². The molecule has 2 nitrogen and oxygen atoms in total. The number of rotatable bonds is 2. The van der Waals surface area contributed by atoms with Gasteiger partial charge in [0.25, 0.3) is 0 Å². The Labute approximate surface area is 94.4 Å². The maximum absolute atomic E-state index is 3.48. The summed E-state index contributed by atoms with van der Waals surface area (Å²) in [6, 6.07) is 1.59. The topological polar surface area (TPSA) is 15.3 Å². The molecule has 15 heavy (non-hydrogen) atoms. The van der Waals surface area contributed by atoms with Gasteiger partial charge in [-0.25, -0.2) is 0 Å². The fraction of sp³-hybridized carbons (Fsp3) is 1.00. The number of likely N-dealkylation sites (N-methyl/N-ethyl adjacent to an activating group) is 1. The Balaban J connectivity index is 2.00. The molecule has 1 aliphatic heterocycles. The Hall–Kier alpha value is -0.0800. The number of hydrogen-bond acceptors (Lipinski definition) is 2. The molecule has 2 unspecified atom stereocenters. The highest BCUT2D eigenvalue weighted by molar-refractivity contribution is 4.92. The Bertz CT molecular complexity index is 207. The largest absolute Gasteiger partial charge is 0.315 e. The lowest BCUT2D eigenvalue weighted by molar-refractivity contribution is 0.0436. The average molecular weight is 210 g/mol. The molecule has 1 saturated carbocycles. The van der Waals surface area contributed by atoms with Crippen LogP contribution < -0.4 is 5.32 Å². The lowest BCUT2D eigenvalue weighted by Crippen LogP contribution is -2.50. The van der Waals surface area contributed by atoms with Crippen LogP contribution in [0.15, 0.2) is 0 Å². The van der Waals surface area contributed by atoms with Crippen molar-refractivity contribution in [3.05, 3.63) is 0 Å². The quantitative estimate of drug-likeness (QED) is 0.752. The first kappa shape index (κ1) is 11.4. The van der Waals surface area contributed by atoms with Crippen molar-refractivity contribution >= 4 is 0 Å². The van der Waals surface area contributed by atoms with Crippen molar-refractivity contribution in [3.63, 3.8) is 0 Å². The second-order valence-corrected chi connectivity index (χ2v) is 6.06. The van der Waals surface area contributed by atoms with Crippen molar-refractivity contribution in [3.8, 4) is 0 Å². The summed E-state index contributed by atoms with van der Waals surface area (Å²) in [6.45, 7) is 7.32. The Morgan fingerprint density at radius 3 is 2.60 bits per heavy atom. The summed E-state index contributed by atoms with van der Waals surface area (Å²) >= 11 is 0. The molecule has 1 N–H and O–H groups in total. The van der Waals surface area contributed by atoms with Gasteiger partial charge >= 0.3 is 0 Å². The fourth-order valence-electron chi connectivity index (χ4n) is 3.47. The average Bonchev–Trinajstić information content (AvgIpc) is 2.69. The molecule has 88 valence electrons. The van der Waals surface area contributed by atoms with E-state index >= 15 is 0 Å². The summed E-state index contributed by atoms with van der Waals surface area (Å²) in [7, 11) is 2.34. The van der Waals surface area contributed by atoms with E-state index in [1.54, 1.807) is 0 Å². The SMILES string of the molecule is CN(C1CCNC1)C1CCCCC1(C)C. The van der Waals surface area contributed by atoms with Crippen molar-refractivity contribution in [2.75, 3.05) is 20.1 Å². The van der Waals surface area contributed by atoms with Gasteiger partial charge in [0, 0.05) is 18.6 Å². The number of nitrogens with one attached hydrogen (secondary N) is 1. The summed E-state index contributed by atoms with van der Waals surface area (Å²) in [5, 5.41) is 3.48. The molecule has 0 radical (unpaired) electrons. The van der Waals surface area contributed by atoms with Crippen LogP contribution in [0.5, 0.6) is 0 Å². The highest BCUT2D eigenvalue weighted by Crippen LogP contribution is 2.39. The van der Waals surface area contributed by atoms with Crippen molar-refractivity contribution in [1.82, 2.24) is 10.2 Å². The van der Waals surface area contributed by atoms with Gasteiger partial charge in [0.15, 0.2) is 0 Å². The molecule has 1 heterocycles. The van der Waals surface area contributed by atoms with Gasteiger partial charge < -0.3 is 5.32 Å². The van der Waals surface area contributed by atoms with Crippen LogP contribution in [0.1, 0.15) is 46.0 Å². The lowest BCUT2D eigenvalue weighted by Gasteiger charge is -2.46. The molecule has 0 aromatic heterocycles. The van der Waals surface area contributed by atoms with E-state index in [4.69, 9.17) is 0 Å². The third-order valence-electron chi connectivity index (χ3n) is 4.55. The Morgan fingerprint density at radius 2 is 2.00 bits per heavy atom. The van der Waals surface area contributed by atoms with E-state index in [0.29, 0.717) is 5.41 Å². The van der Waals surface area contributed by atoms with E-state index in [1.807, 2.05) is 0 Å². The highest BCUT2D eigenvalue weighted by atomic mass is 15.2. The second-order valence-electron chi connectivity index (χ2n) is 6.06. The molecule has 2 aliphatic rings. The number of hydrogen-bond donors (Lipinski definition) is 1. The normalized spacial score (nSPS) is 36.0. The van der Waals surface area contributed by atoms with Crippen LogP contribution in [-0.2, 0) is 0 Å². The van der Waals surface area contributed by atoms with E-state index in [2.05, 4.69) is 31.1 Å². The highest BCUT2D eigenvalue weighted by Gasteiger charge is 2.37. The van der Waals surface area contributed by atoms with Crippen LogP contribution in [0.25, 0.3) is 0 Å². The van der Waals surface area contributed by atoms with E-state index < -0.39 is 0 Å². The minimum absolute atomic E-state index is 0.523. The third kappa shape index (κ3) is 2.36. The van der Waals surface area contributed by atoms with Crippen LogP contribution in [0.4, 0.5) is 0 Å². The monoisotopic (exact) mass is 210 g/mol. The predicted molar refractivity (Wildman–Crippen MR) is 65.1 cm³/mol. The van der Waals surface area contributed by atoms with Gasteiger partial charge in [-0.05, 0) is 38.3 Å². The molecule has 0 aromatic carbocycles. The summed E-state index contributed by atoms with van der Waals surface area (Å²) in [4.78, 5) is 2.67. The first-order valence-corrected chi connectivity index (χ1v) is 6.54. The van der Waals surface area contributed by atoms with Crippen LogP contribution in [0, 0.1) is 5.41 Å². The smallest absolute Gasteiger partial charge is 0.0232 e. The molecule has 1 saturated heterocycles. The van der Waals surface area contributed by atoms with Gasteiger partial charge in [0.2, 0.25) is 0 Å². The van der Waals surface area contributed by atoms with Gasteiger partial charge in [-0.2, -0.15) is 0 Å². The maximum Gasteiger partial charge on any atom is 0.0232 e. The molecule has 0 spiro atoms. The summed E-state index contributed by atoms with van der Waals surface area (Å²) < 4.78 is 0. The predicted octanol–water partition coefficient (Wildman–Crippen LogP) is 2.25. The van der Waals surface area contributed by atoms with Gasteiger partial charge in [-0.3, -0.25) is 4.90 Å². The van der Waals surface area contributed by atoms with E-state index in [0.717, 1.165) is 12.1 Å². The second kappa shape index (κ2) is 4.42. The minimum Gasteiger partial charge on any atom is -0.315 e. The fourth-order valence-corrected chi connectivity index (χ4v) is 3.47. The molecule has 2 fully saturated rings. The zero-order valence-electron chi connectivity index (χ0n) is 10.6. The van der Waals surface area contributed by atoms with E-state index in [1.165, 1.54) is 45.2 Å². The van der Waals surface area contributed by atoms with Crippen LogP contribution in [0.2, 0.25) is 0 Å². The zero-order valence-corrected chi connectivity index (χ0v) is 10.6. The maximum atomic E-state index is 3.48. The van der Waals surface area contributed by atoms with Gasteiger partial charge in [0.1, 0.15) is 0 Å². The van der Waals surface area contributed by atoms with Crippen molar-refractivity contribution in [2.24, 2.45) is 5.41 Å². The van der Waals surface area contributed by atoms with Crippen LogP contribution >= 0.6 is 0 Å². The first-order chi connectivity index (χ1) is 7.11. The van der Waals surface area contributed by atoms with Gasteiger partial charge in [-0.1, -0.05) is 26.7 Å². The van der Waals surface area contributed by atoms with Crippen LogP contribution in [0.3, 0.4) is 0 Å². The third-order valence-corrected chi connectivity index (χ3v) is 4.55.